The predicted octanol–water partition coefficient (Wildman–Crippen LogP) is 3.23. The van der Waals surface area contributed by atoms with Crippen LogP contribution in [-0.2, 0) is 0 Å². The molecule has 0 radical (unpaired) electrons. The summed E-state index contributed by atoms with van der Waals surface area (Å²) in [6, 6.07) is 1.93. The van der Waals surface area contributed by atoms with Crippen molar-refractivity contribution >= 4 is 22.8 Å². The lowest BCUT2D eigenvalue weighted by molar-refractivity contribution is 0.212. The smallest absolute Gasteiger partial charge is 0.222 e. The van der Waals surface area contributed by atoms with E-state index in [2.05, 4.69) is 49.1 Å². The Kier molecular flexibility index (Phi) is 6.99. The zero-order chi connectivity index (χ0) is 23.4. The topological polar surface area (TPSA) is 126 Å². The van der Waals surface area contributed by atoms with Crippen LogP contribution in [0.4, 0.5) is 11.8 Å². The number of anilines is 2. The van der Waals surface area contributed by atoms with E-state index in [-0.39, 0.29) is 12.6 Å². The van der Waals surface area contributed by atoms with Crippen molar-refractivity contribution in [3.05, 3.63) is 30.5 Å². The van der Waals surface area contributed by atoms with Gasteiger partial charge in [-0.05, 0) is 52.4 Å². The number of aliphatic hydroxyl groups excluding tert-OH is 1. The van der Waals surface area contributed by atoms with Crippen LogP contribution in [0.15, 0.2) is 24.7 Å². The molecule has 1 aliphatic heterocycles. The van der Waals surface area contributed by atoms with Crippen molar-refractivity contribution in [1.82, 2.24) is 29.8 Å². The third kappa shape index (κ3) is 5.36. The Morgan fingerprint density at radius 2 is 1.82 bits per heavy atom. The minimum Gasteiger partial charge on any atom is -0.394 e. The number of aromatic nitrogens is 5. The fraction of sp³-hybridized carbons (Fsp3) is 0.542. The number of hydrogen-bond donors (Lipinski definition) is 3. The number of hydrogen-bond acceptors (Lipinski definition) is 9. The Labute approximate surface area is 194 Å². The van der Waals surface area contributed by atoms with E-state index in [0.29, 0.717) is 22.8 Å². The highest BCUT2D eigenvalue weighted by atomic mass is 16.3. The van der Waals surface area contributed by atoms with Gasteiger partial charge in [-0.15, -0.1) is 0 Å². The molecular formula is C24H34N8O. The summed E-state index contributed by atoms with van der Waals surface area (Å²) in [4.78, 5) is 25.0. The number of pyridine rings is 1. The molecule has 4 N–H and O–H groups in total. The number of likely N-dealkylation sites (tertiary alicyclic amines) is 1. The summed E-state index contributed by atoms with van der Waals surface area (Å²) in [5, 5.41) is 13.3. The Hall–Kier alpha value is -2.91. The van der Waals surface area contributed by atoms with Gasteiger partial charge in [-0.2, -0.15) is 4.98 Å². The molecule has 9 heteroatoms. The maximum atomic E-state index is 9.96. The molecule has 0 aliphatic carbocycles. The van der Waals surface area contributed by atoms with E-state index in [1.807, 2.05) is 25.4 Å². The van der Waals surface area contributed by atoms with Crippen LogP contribution in [0.2, 0.25) is 0 Å². The molecule has 33 heavy (non-hydrogen) atoms. The third-order valence-corrected chi connectivity index (χ3v) is 6.49. The molecule has 4 heterocycles. The molecule has 0 bridgehead atoms. The van der Waals surface area contributed by atoms with Crippen molar-refractivity contribution in [3.63, 3.8) is 0 Å². The molecule has 9 nitrogen and oxygen atoms in total. The molecule has 0 saturated carbocycles. The zero-order valence-corrected chi connectivity index (χ0v) is 19.8. The minimum atomic E-state index is -0.512. The van der Waals surface area contributed by atoms with Gasteiger partial charge in [0.25, 0.3) is 0 Å². The van der Waals surface area contributed by atoms with Crippen LogP contribution in [0.5, 0.6) is 0 Å². The van der Waals surface area contributed by atoms with Gasteiger partial charge in [0, 0.05) is 35.6 Å². The molecule has 0 aromatic carbocycles. The highest BCUT2D eigenvalue weighted by molar-refractivity contribution is 5.89. The lowest BCUT2D eigenvalue weighted by Gasteiger charge is -2.29. The first kappa shape index (κ1) is 23.3. The van der Waals surface area contributed by atoms with Gasteiger partial charge in [-0.3, -0.25) is 4.98 Å². The molecule has 1 aliphatic rings. The SMILES string of the molecule is CCCCC(C)(CO)Nc1nc(N)nc2cc(-c3cnc(C4CCN(C)CC4)nc3)cnc12. The van der Waals surface area contributed by atoms with Gasteiger partial charge in [0.1, 0.15) is 11.3 Å². The van der Waals surface area contributed by atoms with Crippen molar-refractivity contribution in [3.8, 4) is 11.1 Å². The maximum absolute atomic E-state index is 9.96. The van der Waals surface area contributed by atoms with Gasteiger partial charge in [-0.25, -0.2) is 15.0 Å². The first-order valence-electron chi connectivity index (χ1n) is 11.7. The Morgan fingerprint density at radius 1 is 1.12 bits per heavy atom. The minimum absolute atomic E-state index is 0.0164. The number of nitrogens with two attached hydrogens (primary N) is 1. The summed E-state index contributed by atoms with van der Waals surface area (Å²) in [6.07, 6.45) is 10.5. The lowest BCUT2D eigenvalue weighted by Crippen LogP contribution is -2.39. The molecule has 1 saturated heterocycles. The van der Waals surface area contributed by atoms with Crippen molar-refractivity contribution < 1.29 is 5.11 Å². The van der Waals surface area contributed by atoms with Crippen molar-refractivity contribution in [2.45, 2.75) is 57.4 Å². The normalized spacial score (nSPS) is 17.2. The van der Waals surface area contributed by atoms with Crippen molar-refractivity contribution in [1.29, 1.82) is 0 Å². The number of piperidine rings is 1. The lowest BCUT2D eigenvalue weighted by atomic mass is 9.96. The fourth-order valence-corrected chi connectivity index (χ4v) is 4.28. The van der Waals surface area contributed by atoms with Crippen LogP contribution < -0.4 is 11.1 Å². The quantitative estimate of drug-likeness (QED) is 0.474. The average molecular weight is 451 g/mol. The molecule has 0 spiro atoms. The second-order valence-corrected chi connectivity index (χ2v) is 9.38. The highest BCUT2D eigenvalue weighted by Gasteiger charge is 2.25. The summed E-state index contributed by atoms with van der Waals surface area (Å²) < 4.78 is 0. The number of nitrogen functional groups attached to an aromatic ring is 1. The Bertz CT molecular complexity index is 1080. The standard InChI is InChI=1S/C24H34N8O/c1-4-5-8-24(2,15-33)31-22-20-19(29-23(25)30-22)11-17(12-26-20)18-13-27-21(28-14-18)16-6-9-32(3)10-7-16/h11-14,16,33H,4-10,15H2,1-3H3,(H3,25,29,30,31). The van der Waals surface area contributed by atoms with Gasteiger partial charge in [-0.1, -0.05) is 19.8 Å². The number of nitrogens with one attached hydrogen (secondary N) is 1. The van der Waals surface area contributed by atoms with Crippen LogP contribution in [-0.4, -0.2) is 67.2 Å². The van der Waals surface area contributed by atoms with E-state index >= 15 is 0 Å². The number of aliphatic hydroxyl groups is 1. The van der Waals surface area contributed by atoms with Gasteiger partial charge in [0.05, 0.1) is 17.7 Å². The van der Waals surface area contributed by atoms with Crippen LogP contribution in [0.1, 0.15) is 57.7 Å². The largest absolute Gasteiger partial charge is 0.394 e. The summed E-state index contributed by atoms with van der Waals surface area (Å²) in [6.45, 7) is 6.25. The molecular weight excluding hydrogens is 416 g/mol. The fourth-order valence-electron chi connectivity index (χ4n) is 4.28. The van der Waals surface area contributed by atoms with Gasteiger partial charge in [0.2, 0.25) is 5.95 Å². The van der Waals surface area contributed by atoms with Gasteiger partial charge in [0.15, 0.2) is 5.82 Å². The number of nitrogens with zero attached hydrogens (tertiary/aromatic N) is 6. The van der Waals surface area contributed by atoms with Crippen LogP contribution >= 0.6 is 0 Å². The van der Waals surface area contributed by atoms with Crippen LogP contribution in [0.25, 0.3) is 22.2 Å². The molecule has 3 aromatic heterocycles. The van der Waals surface area contributed by atoms with E-state index < -0.39 is 5.54 Å². The monoisotopic (exact) mass is 450 g/mol. The van der Waals surface area contributed by atoms with E-state index in [0.717, 1.165) is 62.1 Å². The average Bonchev–Trinajstić information content (AvgIpc) is 2.83. The second-order valence-electron chi connectivity index (χ2n) is 9.38. The number of rotatable bonds is 8. The van der Waals surface area contributed by atoms with Gasteiger partial charge < -0.3 is 21.1 Å². The van der Waals surface area contributed by atoms with Crippen LogP contribution in [0.3, 0.4) is 0 Å². The summed E-state index contributed by atoms with van der Waals surface area (Å²) in [5.41, 5.74) is 8.51. The predicted molar refractivity (Wildman–Crippen MR) is 131 cm³/mol. The molecule has 0 amide bonds. The summed E-state index contributed by atoms with van der Waals surface area (Å²) in [7, 11) is 2.15. The molecule has 3 aromatic rings. The van der Waals surface area contributed by atoms with Crippen LogP contribution in [0, 0.1) is 0 Å². The Morgan fingerprint density at radius 3 is 2.48 bits per heavy atom. The van der Waals surface area contributed by atoms with Crippen molar-refractivity contribution in [2.75, 3.05) is 37.8 Å². The van der Waals surface area contributed by atoms with E-state index in [1.165, 1.54) is 0 Å². The number of fused-ring (bicyclic) bond motifs is 1. The number of unbranched alkanes of at least 4 members (excludes halogenated alkanes) is 1. The highest BCUT2D eigenvalue weighted by Crippen LogP contribution is 2.29. The summed E-state index contributed by atoms with van der Waals surface area (Å²) in [5.74, 6) is 2.02. The molecule has 176 valence electrons. The first-order chi connectivity index (χ1) is 15.9. The zero-order valence-electron chi connectivity index (χ0n) is 19.8. The first-order valence-corrected chi connectivity index (χ1v) is 11.7. The van der Waals surface area contributed by atoms with E-state index in [4.69, 9.17) is 5.73 Å². The summed E-state index contributed by atoms with van der Waals surface area (Å²) >= 11 is 0. The maximum Gasteiger partial charge on any atom is 0.222 e. The third-order valence-electron chi connectivity index (χ3n) is 6.49. The Balaban J connectivity index is 1.59. The van der Waals surface area contributed by atoms with Gasteiger partial charge >= 0.3 is 0 Å². The molecule has 1 atom stereocenters. The van der Waals surface area contributed by atoms with E-state index in [1.54, 1.807) is 6.20 Å². The second kappa shape index (κ2) is 9.93. The van der Waals surface area contributed by atoms with E-state index in [9.17, 15) is 5.11 Å². The molecule has 1 unspecified atom stereocenters. The molecule has 4 rings (SSSR count). The van der Waals surface area contributed by atoms with Crippen molar-refractivity contribution in [2.24, 2.45) is 0 Å². The molecule has 1 fully saturated rings.